The summed E-state index contributed by atoms with van der Waals surface area (Å²) in [5.41, 5.74) is 4.77. The summed E-state index contributed by atoms with van der Waals surface area (Å²) in [5, 5.41) is 0. The van der Waals surface area contributed by atoms with E-state index in [-0.39, 0.29) is 22.3 Å². The average Bonchev–Trinajstić information content (AvgIpc) is 2.90. The van der Waals surface area contributed by atoms with Gasteiger partial charge in [-0.2, -0.15) is 0 Å². The van der Waals surface area contributed by atoms with Gasteiger partial charge in [-0.15, -0.1) is 0 Å². The third-order valence-electron chi connectivity index (χ3n) is 3.66. The number of nitrogen functional groups attached to an aromatic ring is 1. The first-order valence-corrected chi connectivity index (χ1v) is 8.88. The van der Waals surface area contributed by atoms with Crippen LogP contribution in [0.2, 0.25) is 0 Å². The molecule has 0 amide bonds. The molecular weight excluding hydrogens is 330 g/mol. The topological polar surface area (TPSA) is 129 Å². The van der Waals surface area contributed by atoms with Crippen molar-refractivity contribution < 1.29 is 8.42 Å². The molecule has 3 heterocycles. The van der Waals surface area contributed by atoms with Crippen molar-refractivity contribution in [2.45, 2.75) is 18.7 Å². The number of rotatable bonds is 4. The Morgan fingerprint density at radius 2 is 2.00 bits per heavy atom. The second kappa shape index (κ2) is 5.80. The van der Waals surface area contributed by atoms with Gasteiger partial charge in [0.15, 0.2) is 21.3 Å². The molecule has 0 radical (unpaired) electrons. The highest BCUT2D eigenvalue weighted by atomic mass is 32.2. The van der Waals surface area contributed by atoms with E-state index in [4.69, 9.17) is 5.84 Å². The second-order valence-corrected chi connectivity index (χ2v) is 7.55. The highest BCUT2D eigenvalue weighted by Crippen LogP contribution is 2.28. The maximum atomic E-state index is 12.4. The fraction of sp³-hybridized carbons (Fsp3) is 0.286. The number of hydrogen-bond acceptors (Lipinski definition) is 8. The van der Waals surface area contributed by atoms with E-state index >= 15 is 0 Å². The van der Waals surface area contributed by atoms with E-state index in [0.717, 1.165) is 5.56 Å². The van der Waals surface area contributed by atoms with Gasteiger partial charge < -0.3 is 4.57 Å². The van der Waals surface area contributed by atoms with Crippen molar-refractivity contribution in [1.82, 2.24) is 24.5 Å². The van der Waals surface area contributed by atoms with E-state index in [2.05, 4.69) is 25.4 Å². The smallest absolute Gasteiger partial charge is 0.237 e. The van der Waals surface area contributed by atoms with Crippen LogP contribution >= 0.6 is 0 Å². The quantitative estimate of drug-likeness (QED) is 0.524. The van der Waals surface area contributed by atoms with Gasteiger partial charge >= 0.3 is 0 Å². The first-order valence-electron chi connectivity index (χ1n) is 7.23. The van der Waals surface area contributed by atoms with Gasteiger partial charge in [-0.3, -0.25) is 5.43 Å². The van der Waals surface area contributed by atoms with Crippen LogP contribution in [0.25, 0.3) is 22.7 Å². The van der Waals surface area contributed by atoms with E-state index in [1.165, 1.54) is 6.20 Å². The normalized spacial score (nSPS) is 11.8. The largest absolute Gasteiger partial charge is 0.310 e. The number of sulfone groups is 1. The number of nitrogens with one attached hydrogen (secondary N) is 1. The average molecular weight is 347 g/mol. The van der Waals surface area contributed by atoms with Gasteiger partial charge in [-0.05, 0) is 18.6 Å². The van der Waals surface area contributed by atoms with Crippen LogP contribution in [0.5, 0.6) is 0 Å². The molecule has 0 fully saturated rings. The molecule has 9 nitrogen and oxygen atoms in total. The van der Waals surface area contributed by atoms with Gasteiger partial charge in [0.2, 0.25) is 5.95 Å². The summed E-state index contributed by atoms with van der Waals surface area (Å²) in [4.78, 5) is 17.0. The molecular formula is C14H17N7O2S. The first kappa shape index (κ1) is 16.3. The second-order valence-electron chi connectivity index (χ2n) is 5.30. The Balaban J connectivity index is 2.34. The van der Waals surface area contributed by atoms with Crippen LogP contribution in [0.4, 0.5) is 5.95 Å². The van der Waals surface area contributed by atoms with Crippen LogP contribution in [0.3, 0.4) is 0 Å². The summed E-state index contributed by atoms with van der Waals surface area (Å²) >= 11 is 0. The number of nitrogens with two attached hydrogens (primary N) is 1. The molecule has 0 unspecified atom stereocenters. The van der Waals surface area contributed by atoms with Gasteiger partial charge in [0, 0.05) is 13.2 Å². The number of imidazole rings is 1. The number of anilines is 1. The molecule has 0 bridgehead atoms. The van der Waals surface area contributed by atoms with Crippen molar-refractivity contribution in [2.24, 2.45) is 12.9 Å². The Labute approximate surface area is 138 Å². The molecule has 0 aliphatic carbocycles. The molecule has 3 aromatic rings. The van der Waals surface area contributed by atoms with Gasteiger partial charge in [0.1, 0.15) is 16.1 Å². The van der Waals surface area contributed by atoms with Crippen molar-refractivity contribution in [2.75, 3.05) is 11.2 Å². The summed E-state index contributed by atoms with van der Waals surface area (Å²) in [6.45, 7) is 3.48. The lowest BCUT2D eigenvalue weighted by atomic mass is 10.3. The highest BCUT2D eigenvalue weighted by Gasteiger charge is 2.24. The lowest BCUT2D eigenvalue weighted by Crippen LogP contribution is -2.14. The standard InChI is InChI=1S/C14H17N7O2S/c1-4-24(22,23)10-7-17-14(20-15)19-11(10)13-18-9-5-8(2)6-16-12(9)21(13)3/h5-7H,4,15H2,1-3H3,(H,17,19,20). The van der Waals surface area contributed by atoms with Crippen molar-refractivity contribution >= 4 is 26.9 Å². The molecule has 10 heteroatoms. The molecule has 3 aromatic heterocycles. The zero-order valence-electron chi connectivity index (χ0n) is 13.5. The van der Waals surface area contributed by atoms with Crippen LogP contribution in [-0.2, 0) is 16.9 Å². The Hall–Kier alpha value is -2.59. The maximum absolute atomic E-state index is 12.4. The summed E-state index contributed by atoms with van der Waals surface area (Å²) in [6.07, 6.45) is 2.97. The van der Waals surface area contributed by atoms with Crippen LogP contribution < -0.4 is 11.3 Å². The van der Waals surface area contributed by atoms with E-state index in [1.807, 2.05) is 13.0 Å². The molecule has 0 saturated heterocycles. The predicted octanol–water partition coefficient (Wildman–Crippen LogP) is 0.813. The molecule has 3 rings (SSSR count). The summed E-state index contributed by atoms with van der Waals surface area (Å²) in [7, 11) is -1.77. The SMILES string of the molecule is CCS(=O)(=O)c1cnc(NN)nc1-c1nc2cc(C)cnc2n1C. The van der Waals surface area contributed by atoms with Crippen LogP contribution in [0, 0.1) is 6.92 Å². The summed E-state index contributed by atoms with van der Waals surface area (Å²) in [5.74, 6) is 5.78. The number of aromatic nitrogens is 5. The number of aryl methyl sites for hydroxylation is 2. The van der Waals surface area contributed by atoms with E-state index in [9.17, 15) is 8.42 Å². The fourth-order valence-corrected chi connectivity index (χ4v) is 3.33. The maximum Gasteiger partial charge on any atom is 0.237 e. The van der Waals surface area contributed by atoms with Crippen molar-refractivity contribution in [3.05, 3.63) is 24.0 Å². The van der Waals surface area contributed by atoms with Crippen LogP contribution in [0.15, 0.2) is 23.4 Å². The number of hydrogen-bond donors (Lipinski definition) is 2. The van der Waals surface area contributed by atoms with Crippen LogP contribution in [0.1, 0.15) is 12.5 Å². The van der Waals surface area contributed by atoms with Gasteiger partial charge in [-0.1, -0.05) is 6.92 Å². The number of pyridine rings is 1. The molecule has 0 spiro atoms. The molecule has 0 atom stereocenters. The Bertz CT molecular complexity index is 1030. The molecule has 3 N–H and O–H groups in total. The van der Waals surface area contributed by atoms with Crippen molar-refractivity contribution in [1.29, 1.82) is 0 Å². The first-order chi connectivity index (χ1) is 11.4. The predicted molar refractivity (Wildman–Crippen MR) is 89.8 cm³/mol. The summed E-state index contributed by atoms with van der Waals surface area (Å²) in [6, 6.07) is 1.88. The van der Waals surface area contributed by atoms with E-state index in [0.29, 0.717) is 17.0 Å². The third-order valence-corrected chi connectivity index (χ3v) is 5.39. The Kier molecular flexibility index (Phi) is 3.93. The minimum Gasteiger partial charge on any atom is -0.310 e. The Morgan fingerprint density at radius 3 is 2.67 bits per heavy atom. The van der Waals surface area contributed by atoms with E-state index in [1.54, 1.807) is 24.7 Å². The molecule has 0 saturated carbocycles. The third kappa shape index (κ3) is 2.59. The van der Waals surface area contributed by atoms with Gasteiger partial charge in [0.25, 0.3) is 0 Å². The number of nitrogens with zero attached hydrogens (tertiary/aromatic N) is 5. The van der Waals surface area contributed by atoms with E-state index < -0.39 is 9.84 Å². The Morgan fingerprint density at radius 1 is 1.25 bits per heavy atom. The minimum absolute atomic E-state index is 0.0131. The molecule has 24 heavy (non-hydrogen) atoms. The zero-order chi connectivity index (χ0) is 17.5. The molecule has 0 aliphatic heterocycles. The lowest BCUT2D eigenvalue weighted by Gasteiger charge is -2.09. The molecule has 126 valence electrons. The van der Waals surface area contributed by atoms with Gasteiger partial charge in [-0.25, -0.2) is 34.2 Å². The zero-order valence-corrected chi connectivity index (χ0v) is 14.3. The molecule has 0 aromatic carbocycles. The van der Waals surface area contributed by atoms with Crippen molar-refractivity contribution in [3.8, 4) is 11.5 Å². The minimum atomic E-state index is -3.53. The number of hydrazine groups is 1. The van der Waals surface area contributed by atoms with Gasteiger partial charge in [0.05, 0.1) is 11.9 Å². The molecule has 0 aliphatic rings. The highest BCUT2D eigenvalue weighted by molar-refractivity contribution is 7.91. The summed E-state index contributed by atoms with van der Waals surface area (Å²) < 4.78 is 26.5. The fourth-order valence-electron chi connectivity index (χ4n) is 2.37. The lowest BCUT2D eigenvalue weighted by molar-refractivity contribution is 0.596. The van der Waals surface area contributed by atoms with Crippen LogP contribution in [-0.4, -0.2) is 38.7 Å². The monoisotopic (exact) mass is 347 g/mol. The van der Waals surface area contributed by atoms with Crippen molar-refractivity contribution in [3.63, 3.8) is 0 Å². The number of fused-ring (bicyclic) bond motifs is 1.